The van der Waals surface area contributed by atoms with Crippen LogP contribution >= 0.6 is 0 Å². The SMILES string of the molecule is [2H]C([2H])([2H])c1cc(Nc2ccc(C(C)(C)C)cc2-c2ccc(Oc3cccc(N4CN(c5c(-c6ccccc6)cccc5-c5ccc(-c6ccccc6)cc5)c5ccccc54)c3)cc2)ncc1-c1ccc2c(c1)C(C)(C)CCC2(C)C. The lowest BCUT2D eigenvalue weighted by Crippen LogP contribution is -2.33. The molecule has 78 heavy (non-hydrogen) atoms. The molecule has 0 spiro atoms. The van der Waals surface area contributed by atoms with Gasteiger partial charge in [-0.2, -0.15) is 0 Å². The van der Waals surface area contributed by atoms with Crippen molar-refractivity contribution in [3.8, 4) is 67.1 Å². The lowest BCUT2D eigenvalue weighted by Gasteiger charge is -2.42. The Kier molecular flexibility index (Phi) is 12.0. The van der Waals surface area contributed by atoms with E-state index in [0.717, 1.165) is 86.0 Å². The molecule has 1 aromatic heterocycles. The first-order valence-electron chi connectivity index (χ1n) is 28.8. The van der Waals surface area contributed by atoms with Crippen molar-refractivity contribution in [2.24, 2.45) is 0 Å². The molecular weight excluding hydrogens is 949 g/mol. The summed E-state index contributed by atoms with van der Waals surface area (Å²) in [7, 11) is 0. The van der Waals surface area contributed by atoms with E-state index in [9.17, 15) is 0 Å². The Labute approximate surface area is 466 Å². The Bertz CT molecular complexity index is 3940. The highest BCUT2D eigenvalue weighted by Crippen LogP contribution is 2.51. The summed E-state index contributed by atoms with van der Waals surface area (Å²) in [6, 6.07) is 76.6. The number of rotatable bonds is 11. The summed E-state index contributed by atoms with van der Waals surface area (Å²) in [5.41, 5.74) is 19.6. The highest BCUT2D eigenvalue weighted by atomic mass is 16.5. The molecule has 1 N–H and O–H groups in total. The third-order valence-corrected chi connectivity index (χ3v) is 16.2. The number of hydrogen-bond acceptors (Lipinski definition) is 5. The maximum Gasteiger partial charge on any atom is 0.130 e. The first-order chi connectivity index (χ1) is 38.9. The van der Waals surface area contributed by atoms with Crippen LogP contribution in [0, 0.1) is 6.85 Å². The highest BCUT2D eigenvalue weighted by Gasteiger charge is 2.37. The third kappa shape index (κ3) is 9.75. The predicted molar refractivity (Wildman–Crippen MR) is 328 cm³/mol. The summed E-state index contributed by atoms with van der Waals surface area (Å²) in [4.78, 5) is 9.71. The first kappa shape index (κ1) is 46.6. The monoisotopic (exact) mass is 1020 g/mol. The van der Waals surface area contributed by atoms with Crippen molar-refractivity contribution in [2.75, 3.05) is 21.8 Å². The Hall–Kier alpha value is -8.67. The van der Waals surface area contributed by atoms with E-state index in [4.69, 9.17) is 13.8 Å². The van der Waals surface area contributed by atoms with Crippen molar-refractivity contribution in [3.05, 3.63) is 247 Å². The van der Waals surface area contributed by atoms with Gasteiger partial charge in [-0.3, -0.25) is 0 Å². The molecule has 0 atom stereocenters. The van der Waals surface area contributed by atoms with Crippen LogP contribution < -0.4 is 19.9 Å². The number of nitrogens with one attached hydrogen (secondary N) is 1. The second kappa shape index (κ2) is 20.0. The van der Waals surface area contributed by atoms with Crippen LogP contribution in [0.3, 0.4) is 0 Å². The molecule has 2 aliphatic rings. The van der Waals surface area contributed by atoms with E-state index < -0.39 is 6.85 Å². The molecule has 0 radical (unpaired) electrons. The normalized spacial score (nSPS) is 15.1. The van der Waals surface area contributed by atoms with Crippen LogP contribution in [0.1, 0.15) is 87.7 Å². The fraction of sp³-hybridized carbons (Fsp3) is 0.192. The zero-order valence-corrected chi connectivity index (χ0v) is 45.7. The van der Waals surface area contributed by atoms with Crippen molar-refractivity contribution in [1.82, 2.24) is 4.98 Å². The molecule has 12 rings (SSSR count). The van der Waals surface area contributed by atoms with Gasteiger partial charge in [0.1, 0.15) is 24.0 Å². The van der Waals surface area contributed by atoms with E-state index in [-0.39, 0.29) is 21.8 Å². The maximum absolute atomic E-state index is 8.72. The van der Waals surface area contributed by atoms with Crippen LogP contribution in [0.15, 0.2) is 225 Å². The molecule has 5 heteroatoms. The van der Waals surface area contributed by atoms with Crippen molar-refractivity contribution in [2.45, 2.75) is 84.4 Å². The lowest BCUT2D eigenvalue weighted by atomic mass is 9.63. The number of aryl methyl sites for hydroxylation is 1. The summed E-state index contributed by atoms with van der Waals surface area (Å²) in [6.07, 6.45) is 3.90. The van der Waals surface area contributed by atoms with Gasteiger partial charge in [-0.25, -0.2) is 4.98 Å². The van der Waals surface area contributed by atoms with Gasteiger partial charge in [-0.15, -0.1) is 0 Å². The van der Waals surface area contributed by atoms with Crippen molar-refractivity contribution >= 4 is 34.3 Å². The number of aromatic nitrogens is 1. The van der Waals surface area contributed by atoms with Crippen molar-refractivity contribution in [3.63, 3.8) is 0 Å². The molecule has 0 bridgehead atoms. The van der Waals surface area contributed by atoms with E-state index in [0.29, 0.717) is 23.8 Å². The topological polar surface area (TPSA) is 40.6 Å². The zero-order chi connectivity index (χ0) is 56.3. The molecule has 5 nitrogen and oxygen atoms in total. The van der Waals surface area contributed by atoms with Gasteiger partial charge in [-0.1, -0.05) is 206 Å². The van der Waals surface area contributed by atoms with Gasteiger partial charge in [-0.05, 0) is 146 Å². The van der Waals surface area contributed by atoms with E-state index in [1.807, 2.05) is 18.2 Å². The molecule has 10 aromatic rings. The number of pyridine rings is 1. The zero-order valence-electron chi connectivity index (χ0n) is 48.7. The maximum atomic E-state index is 8.72. The summed E-state index contributed by atoms with van der Waals surface area (Å²) < 4.78 is 32.9. The third-order valence-electron chi connectivity index (χ3n) is 16.2. The van der Waals surface area contributed by atoms with Gasteiger partial charge in [0.15, 0.2) is 0 Å². The fourth-order valence-electron chi connectivity index (χ4n) is 11.6. The van der Waals surface area contributed by atoms with Crippen LogP contribution in [0.2, 0.25) is 0 Å². The Morgan fingerprint density at radius 2 is 1.06 bits per heavy atom. The Morgan fingerprint density at radius 1 is 0.487 bits per heavy atom. The number of fused-ring (bicyclic) bond motifs is 2. The predicted octanol–water partition coefficient (Wildman–Crippen LogP) is 20.2. The van der Waals surface area contributed by atoms with Crippen molar-refractivity contribution < 1.29 is 8.85 Å². The minimum Gasteiger partial charge on any atom is -0.457 e. The van der Waals surface area contributed by atoms with Gasteiger partial charge in [0.05, 0.1) is 17.1 Å². The van der Waals surface area contributed by atoms with E-state index in [1.54, 1.807) is 12.3 Å². The van der Waals surface area contributed by atoms with Crippen molar-refractivity contribution in [1.29, 1.82) is 0 Å². The van der Waals surface area contributed by atoms with Gasteiger partial charge in [0, 0.05) is 50.0 Å². The minimum absolute atomic E-state index is 0.0208. The lowest BCUT2D eigenvalue weighted by molar-refractivity contribution is 0.332. The summed E-state index contributed by atoms with van der Waals surface area (Å²) in [6.45, 7) is 14.0. The number of benzene rings is 9. The number of nitrogens with zero attached hydrogens (tertiary/aromatic N) is 3. The average Bonchev–Trinajstić information content (AvgIpc) is 4.11. The standard InChI is InChI=1S/C73H68N4O/c1-49-43-69(74-47-63(49)55-35-39-64-65(44-55)73(7,8)42-41-72(64,5)6)75-66-40-36-56(71(2,3)4)45-62(66)54-33-37-58(38-34-54)78-59-24-17-23-57(46-59)76-48-77(68-28-16-15-27-67(68)76)70-60(52-21-13-10-14-22-52)25-18-26-61(70)53-31-29-51(30-32-53)50-19-11-9-12-20-50/h9-40,43-47H,41-42,48H2,1-8H3,(H,74,75)/i1D3. The van der Waals surface area contributed by atoms with E-state index in [1.165, 1.54) is 27.8 Å². The smallest absolute Gasteiger partial charge is 0.130 e. The van der Waals surface area contributed by atoms with Gasteiger partial charge >= 0.3 is 0 Å². The van der Waals surface area contributed by atoms with E-state index >= 15 is 0 Å². The molecule has 0 amide bonds. The summed E-state index contributed by atoms with van der Waals surface area (Å²) >= 11 is 0. The molecule has 1 aliphatic heterocycles. The molecule has 386 valence electrons. The average molecular weight is 1020 g/mol. The van der Waals surface area contributed by atoms with Crippen LogP contribution in [0.4, 0.5) is 34.3 Å². The van der Waals surface area contributed by atoms with Crippen LogP contribution in [-0.4, -0.2) is 11.7 Å². The number of ether oxygens (including phenoxy) is 1. The van der Waals surface area contributed by atoms with Crippen LogP contribution in [-0.2, 0) is 16.2 Å². The molecule has 0 fully saturated rings. The fourth-order valence-corrected chi connectivity index (χ4v) is 11.6. The Morgan fingerprint density at radius 3 is 1.76 bits per heavy atom. The highest BCUT2D eigenvalue weighted by molar-refractivity contribution is 5.99. The second-order valence-electron chi connectivity index (χ2n) is 23.4. The summed E-state index contributed by atoms with van der Waals surface area (Å²) in [5.74, 6) is 1.89. The minimum atomic E-state index is -2.37. The quantitative estimate of drug-likeness (QED) is 0.140. The molecule has 9 aromatic carbocycles. The Balaban J connectivity index is 0.829. The first-order valence-corrected chi connectivity index (χ1v) is 27.3. The molecule has 0 unspecified atom stereocenters. The van der Waals surface area contributed by atoms with Gasteiger partial charge in [0.25, 0.3) is 0 Å². The second-order valence-corrected chi connectivity index (χ2v) is 23.4. The van der Waals surface area contributed by atoms with Gasteiger partial charge < -0.3 is 19.9 Å². The molecular formula is C73H68N4O. The largest absolute Gasteiger partial charge is 0.457 e. The number of para-hydroxylation sites is 3. The van der Waals surface area contributed by atoms with Gasteiger partial charge in [0.2, 0.25) is 0 Å². The molecule has 1 aliphatic carbocycles. The number of hydrogen-bond donors (Lipinski definition) is 1. The number of anilines is 6. The molecule has 2 heterocycles. The summed E-state index contributed by atoms with van der Waals surface area (Å²) in [5, 5.41) is 3.55. The van der Waals surface area contributed by atoms with Crippen LogP contribution in [0.5, 0.6) is 11.5 Å². The van der Waals surface area contributed by atoms with E-state index in [2.05, 4.69) is 258 Å². The van der Waals surface area contributed by atoms with Crippen LogP contribution in [0.25, 0.3) is 55.6 Å². The molecule has 0 saturated heterocycles. The molecule has 0 saturated carbocycles.